The second-order valence-electron chi connectivity index (χ2n) is 5.50. The zero-order valence-corrected chi connectivity index (χ0v) is 13.4. The number of rotatable bonds is 4. The summed E-state index contributed by atoms with van der Waals surface area (Å²) in [5.74, 6) is 0.00691. The van der Waals surface area contributed by atoms with Crippen LogP contribution in [0.2, 0.25) is 0 Å². The van der Waals surface area contributed by atoms with Gasteiger partial charge in [0.15, 0.2) is 0 Å². The molecule has 1 aromatic rings. The summed E-state index contributed by atoms with van der Waals surface area (Å²) in [5, 5.41) is 12.2. The molecule has 1 fully saturated rings. The van der Waals surface area contributed by atoms with Gasteiger partial charge in [-0.15, -0.1) is 11.8 Å². The topological polar surface area (TPSA) is 56.1 Å². The Bertz CT molecular complexity index is 527. The summed E-state index contributed by atoms with van der Waals surface area (Å²) in [4.78, 5) is 14.2. The number of nitriles is 1. The molecule has 1 heterocycles. The van der Waals surface area contributed by atoms with Gasteiger partial charge in [-0.25, -0.2) is 0 Å². The summed E-state index contributed by atoms with van der Waals surface area (Å²) in [5.41, 5.74) is 2.01. The molecule has 0 saturated carbocycles. The largest absolute Gasteiger partial charge is 0.325 e. The molecule has 0 aromatic heterocycles. The number of carbonyl (C=O) groups is 1. The van der Waals surface area contributed by atoms with Crippen LogP contribution in [0.5, 0.6) is 0 Å². The van der Waals surface area contributed by atoms with Gasteiger partial charge in [0.25, 0.3) is 0 Å². The predicted octanol–water partition coefficient (Wildman–Crippen LogP) is 2.65. The van der Waals surface area contributed by atoms with Gasteiger partial charge in [-0.1, -0.05) is 17.7 Å². The fourth-order valence-electron chi connectivity index (χ4n) is 2.47. The first-order chi connectivity index (χ1) is 10.1. The normalized spacial score (nSPS) is 18.0. The molecule has 1 aliphatic heterocycles. The number of carbonyl (C=O) groups excluding carboxylic acids is 1. The smallest absolute Gasteiger partial charge is 0.238 e. The van der Waals surface area contributed by atoms with E-state index in [1.54, 1.807) is 11.8 Å². The van der Waals surface area contributed by atoms with E-state index in [0.717, 1.165) is 31.6 Å². The molecule has 21 heavy (non-hydrogen) atoms. The molecule has 1 saturated heterocycles. The summed E-state index contributed by atoms with van der Waals surface area (Å²) >= 11 is 1.63. The SMILES string of the molecule is CSC1(C#N)CCN(CC(=O)Nc2ccc(C)cc2)CC1. The number of hydrogen-bond donors (Lipinski definition) is 1. The number of nitrogens with zero attached hydrogens (tertiary/aromatic N) is 2. The Kier molecular flexibility index (Phi) is 5.27. The summed E-state index contributed by atoms with van der Waals surface area (Å²) in [6, 6.07) is 10.2. The molecule has 112 valence electrons. The maximum atomic E-state index is 12.0. The first kappa shape index (κ1) is 15.9. The van der Waals surface area contributed by atoms with Crippen LogP contribution < -0.4 is 5.32 Å². The van der Waals surface area contributed by atoms with Gasteiger partial charge >= 0.3 is 0 Å². The zero-order chi connectivity index (χ0) is 15.3. The van der Waals surface area contributed by atoms with Crippen molar-refractivity contribution in [1.82, 2.24) is 4.90 Å². The average molecular weight is 303 g/mol. The Morgan fingerprint density at radius 1 is 1.38 bits per heavy atom. The maximum absolute atomic E-state index is 12.0. The van der Waals surface area contributed by atoms with E-state index < -0.39 is 0 Å². The second kappa shape index (κ2) is 6.97. The monoisotopic (exact) mass is 303 g/mol. The molecule has 0 spiro atoms. The van der Waals surface area contributed by atoms with Crippen LogP contribution in [-0.4, -0.2) is 41.4 Å². The summed E-state index contributed by atoms with van der Waals surface area (Å²) in [6.07, 6.45) is 3.63. The minimum Gasteiger partial charge on any atom is -0.325 e. The summed E-state index contributed by atoms with van der Waals surface area (Å²) in [6.45, 7) is 4.02. The number of amides is 1. The Hall–Kier alpha value is -1.51. The van der Waals surface area contributed by atoms with Crippen molar-refractivity contribution in [1.29, 1.82) is 5.26 Å². The highest BCUT2D eigenvalue weighted by atomic mass is 32.2. The molecule has 0 bridgehead atoms. The van der Waals surface area contributed by atoms with Gasteiger partial charge in [-0.05, 0) is 38.2 Å². The third-order valence-electron chi connectivity index (χ3n) is 3.96. The van der Waals surface area contributed by atoms with Crippen LogP contribution in [0.1, 0.15) is 18.4 Å². The van der Waals surface area contributed by atoms with E-state index >= 15 is 0 Å². The number of benzene rings is 1. The highest BCUT2D eigenvalue weighted by Crippen LogP contribution is 2.33. The quantitative estimate of drug-likeness (QED) is 0.929. The van der Waals surface area contributed by atoms with Crippen molar-refractivity contribution in [2.24, 2.45) is 0 Å². The van der Waals surface area contributed by atoms with Crippen molar-refractivity contribution in [2.75, 3.05) is 31.2 Å². The first-order valence-corrected chi connectivity index (χ1v) is 8.35. The lowest BCUT2D eigenvalue weighted by Crippen LogP contribution is -2.44. The summed E-state index contributed by atoms with van der Waals surface area (Å²) in [7, 11) is 0. The number of anilines is 1. The Morgan fingerprint density at radius 2 is 2.00 bits per heavy atom. The third kappa shape index (κ3) is 4.23. The minimum atomic E-state index is -0.260. The van der Waals surface area contributed by atoms with Crippen LogP contribution in [0.25, 0.3) is 0 Å². The molecule has 0 radical (unpaired) electrons. The van der Waals surface area contributed by atoms with Gasteiger partial charge in [0, 0.05) is 18.8 Å². The number of piperidine rings is 1. The molecule has 2 rings (SSSR count). The molecule has 1 amide bonds. The van der Waals surface area contributed by atoms with E-state index in [9.17, 15) is 10.1 Å². The van der Waals surface area contributed by atoms with Crippen molar-refractivity contribution in [2.45, 2.75) is 24.5 Å². The van der Waals surface area contributed by atoms with Crippen LogP contribution in [0, 0.1) is 18.3 Å². The third-order valence-corrected chi connectivity index (χ3v) is 5.24. The lowest BCUT2D eigenvalue weighted by molar-refractivity contribution is -0.117. The molecule has 0 unspecified atom stereocenters. The molecule has 0 atom stereocenters. The predicted molar refractivity (Wildman–Crippen MR) is 87.3 cm³/mol. The number of aryl methyl sites for hydroxylation is 1. The van der Waals surface area contributed by atoms with Gasteiger partial charge in [0.05, 0.1) is 12.6 Å². The number of nitrogens with one attached hydrogen (secondary N) is 1. The average Bonchev–Trinajstić information content (AvgIpc) is 2.51. The van der Waals surface area contributed by atoms with Crippen molar-refractivity contribution < 1.29 is 4.79 Å². The fraction of sp³-hybridized carbons (Fsp3) is 0.500. The zero-order valence-electron chi connectivity index (χ0n) is 12.6. The standard InChI is InChI=1S/C16H21N3OS/c1-13-3-5-14(6-4-13)18-15(20)11-19-9-7-16(12-17,21-2)8-10-19/h3-6H,7-11H2,1-2H3,(H,18,20). The Labute approximate surface area is 130 Å². The first-order valence-electron chi connectivity index (χ1n) is 7.12. The van der Waals surface area contributed by atoms with E-state index in [1.807, 2.05) is 37.4 Å². The molecular weight excluding hydrogens is 282 g/mol. The molecule has 4 nitrogen and oxygen atoms in total. The molecule has 0 aliphatic carbocycles. The van der Waals surface area contributed by atoms with Crippen molar-refractivity contribution in [3.8, 4) is 6.07 Å². The highest BCUT2D eigenvalue weighted by molar-refractivity contribution is 8.00. The van der Waals surface area contributed by atoms with Gasteiger partial charge in [-0.2, -0.15) is 5.26 Å². The van der Waals surface area contributed by atoms with E-state index in [1.165, 1.54) is 5.56 Å². The van der Waals surface area contributed by atoms with Crippen LogP contribution in [0.15, 0.2) is 24.3 Å². The minimum absolute atomic E-state index is 0.00691. The lowest BCUT2D eigenvalue weighted by Gasteiger charge is -2.35. The van der Waals surface area contributed by atoms with Crippen molar-refractivity contribution in [3.05, 3.63) is 29.8 Å². The van der Waals surface area contributed by atoms with E-state index in [4.69, 9.17) is 0 Å². The van der Waals surface area contributed by atoms with Gasteiger partial charge in [0.2, 0.25) is 5.91 Å². The fourth-order valence-corrected chi connectivity index (χ4v) is 3.16. The second-order valence-corrected chi connectivity index (χ2v) is 6.69. The number of thioether (sulfide) groups is 1. The van der Waals surface area contributed by atoms with E-state index in [0.29, 0.717) is 6.54 Å². The number of hydrogen-bond acceptors (Lipinski definition) is 4. The number of likely N-dealkylation sites (tertiary alicyclic amines) is 1. The molecule has 5 heteroatoms. The van der Waals surface area contributed by atoms with E-state index in [2.05, 4.69) is 16.3 Å². The molecule has 1 aliphatic rings. The van der Waals surface area contributed by atoms with Crippen LogP contribution in [-0.2, 0) is 4.79 Å². The van der Waals surface area contributed by atoms with Gasteiger partial charge in [0.1, 0.15) is 4.75 Å². The van der Waals surface area contributed by atoms with E-state index in [-0.39, 0.29) is 10.7 Å². The molecule has 1 aromatic carbocycles. The van der Waals surface area contributed by atoms with Crippen molar-refractivity contribution >= 4 is 23.4 Å². The van der Waals surface area contributed by atoms with Crippen LogP contribution in [0.3, 0.4) is 0 Å². The molecule has 1 N–H and O–H groups in total. The van der Waals surface area contributed by atoms with Gasteiger partial charge in [-0.3, -0.25) is 9.69 Å². The highest BCUT2D eigenvalue weighted by Gasteiger charge is 2.34. The lowest BCUT2D eigenvalue weighted by atomic mass is 9.97. The van der Waals surface area contributed by atoms with Gasteiger partial charge < -0.3 is 5.32 Å². The van der Waals surface area contributed by atoms with Crippen LogP contribution >= 0.6 is 11.8 Å². The summed E-state index contributed by atoms with van der Waals surface area (Å²) < 4.78 is -0.260. The Morgan fingerprint density at radius 3 is 2.52 bits per heavy atom. The van der Waals surface area contributed by atoms with Crippen LogP contribution in [0.4, 0.5) is 5.69 Å². The molecular formula is C16H21N3OS. The van der Waals surface area contributed by atoms with Crippen molar-refractivity contribution in [3.63, 3.8) is 0 Å². The maximum Gasteiger partial charge on any atom is 0.238 e. The Balaban J connectivity index is 1.82.